The molecule has 0 spiro atoms. The van der Waals surface area contributed by atoms with E-state index >= 15 is 0 Å². The molecule has 1 amide bonds. The van der Waals surface area contributed by atoms with Crippen molar-refractivity contribution < 1.29 is 4.79 Å². The lowest BCUT2D eigenvalue weighted by Gasteiger charge is -2.06. The zero-order valence-electron chi connectivity index (χ0n) is 8.95. The molecule has 2 aromatic rings. The molecule has 1 N–H and O–H groups in total. The average molecular weight is 393 g/mol. The molecule has 0 radical (unpaired) electrons. The number of anilines is 1. The molecule has 6 heteroatoms. The Hall–Kier alpha value is -0.850. The Kier molecular flexibility index (Phi) is 4.42. The van der Waals surface area contributed by atoms with Crippen molar-refractivity contribution in [3.05, 3.63) is 55.8 Å². The van der Waals surface area contributed by atoms with Crippen LogP contribution in [-0.2, 0) is 0 Å². The maximum atomic E-state index is 11.9. The molecule has 0 unspecified atom stereocenters. The van der Waals surface area contributed by atoms with E-state index in [1.807, 2.05) is 6.07 Å². The molecule has 18 heavy (non-hydrogen) atoms. The standard InChI is InChI=1S/C12H7Cl2IN2O/c13-9-5-8(2-3-10(9)15)17-12(18)7-1-4-11(14)16-6-7/h1-6H,(H,17,18). The van der Waals surface area contributed by atoms with Crippen LogP contribution in [0.3, 0.4) is 0 Å². The lowest BCUT2D eigenvalue weighted by atomic mass is 10.2. The van der Waals surface area contributed by atoms with Crippen molar-refractivity contribution in [1.82, 2.24) is 4.98 Å². The van der Waals surface area contributed by atoms with Gasteiger partial charge >= 0.3 is 0 Å². The van der Waals surface area contributed by atoms with Crippen molar-refractivity contribution in [3.63, 3.8) is 0 Å². The topological polar surface area (TPSA) is 42.0 Å². The second-order valence-corrected chi connectivity index (χ2v) is 5.41. The largest absolute Gasteiger partial charge is 0.322 e. The van der Waals surface area contributed by atoms with E-state index in [0.29, 0.717) is 21.4 Å². The second-order valence-electron chi connectivity index (χ2n) is 3.45. The SMILES string of the molecule is O=C(Nc1ccc(I)c(Cl)c1)c1ccc(Cl)nc1. The number of hydrogen-bond donors (Lipinski definition) is 1. The minimum atomic E-state index is -0.253. The average Bonchev–Trinajstić information content (AvgIpc) is 2.34. The number of carbonyl (C=O) groups is 1. The third-order valence-electron chi connectivity index (χ3n) is 2.17. The van der Waals surface area contributed by atoms with Crippen molar-refractivity contribution in [2.24, 2.45) is 0 Å². The third-order valence-corrected chi connectivity index (χ3v) is 3.96. The molecule has 0 saturated carbocycles. The van der Waals surface area contributed by atoms with Crippen LogP contribution >= 0.6 is 45.8 Å². The molecular formula is C12H7Cl2IN2O. The molecule has 0 aliphatic carbocycles. The van der Waals surface area contributed by atoms with Crippen molar-refractivity contribution >= 4 is 57.4 Å². The van der Waals surface area contributed by atoms with E-state index in [0.717, 1.165) is 3.57 Å². The van der Waals surface area contributed by atoms with Crippen LogP contribution in [0.25, 0.3) is 0 Å². The number of nitrogens with one attached hydrogen (secondary N) is 1. The van der Waals surface area contributed by atoms with E-state index in [1.54, 1.807) is 24.3 Å². The van der Waals surface area contributed by atoms with Crippen LogP contribution in [0.1, 0.15) is 10.4 Å². The minimum Gasteiger partial charge on any atom is -0.322 e. The molecule has 0 saturated heterocycles. The number of rotatable bonds is 2. The molecule has 1 aromatic carbocycles. The summed E-state index contributed by atoms with van der Waals surface area (Å²) in [5.41, 5.74) is 1.08. The van der Waals surface area contributed by atoms with Gasteiger partial charge < -0.3 is 5.32 Å². The first-order valence-corrected chi connectivity index (χ1v) is 6.77. The summed E-state index contributed by atoms with van der Waals surface area (Å²) in [5, 5.41) is 3.69. The van der Waals surface area contributed by atoms with Crippen LogP contribution in [0.5, 0.6) is 0 Å². The zero-order valence-corrected chi connectivity index (χ0v) is 12.6. The van der Waals surface area contributed by atoms with Gasteiger partial charge in [-0.15, -0.1) is 0 Å². The summed E-state index contributed by atoms with van der Waals surface area (Å²) in [6.45, 7) is 0. The Bertz CT molecular complexity index is 587. The summed E-state index contributed by atoms with van der Waals surface area (Å²) in [5.74, 6) is -0.253. The van der Waals surface area contributed by atoms with Crippen molar-refractivity contribution in [2.75, 3.05) is 5.32 Å². The summed E-state index contributed by atoms with van der Waals surface area (Å²) >= 11 is 13.7. The molecule has 0 bridgehead atoms. The predicted octanol–water partition coefficient (Wildman–Crippen LogP) is 4.25. The van der Waals surface area contributed by atoms with E-state index in [4.69, 9.17) is 23.2 Å². The van der Waals surface area contributed by atoms with Gasteiger partial charge in [-0.05, 0) is 52.9 Å². The maximum absolute atomic E-state index is 11.9. The fraction of sp³-hybridized carbons (Fsp3) is 0. The summed E-state index contributed by atoms with van der Waals surface area (Å²) in [6.07, 6.45) is 1.42. The molecule has 0 atom stereocenters. The number of hydrogen-bond acceptors (Lipinski definition) is 2. The Balaban J connectivity index is 2.16. The highest BCUT2D eigenvalue weighted by atomic mass is 127. The molecule has 1 heterocycles. The van der Waals surface area contributed by atoms with E-state index in [1.165, 1.54) is 6.20 Å². The number of benzene rings is 1. The Morgan fingerprint density at radius 1 is 1.22 bits per heavy atom. The fourth-order valence-electron chi connectivity index (χ4n) is 1.29. The Morgan fingerprint density at radius 2 is 2.00 bits per heavy atom. The van der Waals surface area contributed by atoms with E-state index in [9.17, 15) is 4.79 Å². The van der Waals surface area contributed by atoms with Gasteiger partial charge in [0.05, 0.1) is 10.6 Å². The van der Waals surface area contributed by atoms with Crippen LogP contribution in [0.4, 0.5) is 5.69 Å². The van der Waals surface area contributed by atoms with Gasteiger partial charge in [0.25, 0.3) is 5.91 Å². The van der Waals surface area contributed by atoms with Crippen molar-refractivity contribution in [1.29, 1.82) is 0 Å². The molecule has 1 aromatic heterocycles. The fourth-order valence-corrected chi connectivity index (χ4v) is 1.92. The number of halogens is 3. The second kappa shape index (κ2) is 5.86. The smallest absolute Gasteiger partial charge is 0.257 e. The molecule has 0 aliphatic rings. The molecule has 0 fully saturated rings. The highest BCUT2D eigenvalue weighted by molar-refractivity contribution is 14.1. The Labute approximate surface area is 128 Å². The highest BCUT2D eigenvalue weighted by Gasteiger charge is 2.07. The monoisotopic (exact) mass is 392 g/mol. The maximum Gasteiger partial charge on any atom is 0.257 e. The van der Waals surface area contributed by atoms with Crippen LogP contribution in [-0.4, -0.2) is 10.9 Å². The summed E-state index contributed by atoms with van der Waals surface area (Å²) in [6, 6.07) is 8.49. The number of carbonyl (C=O) groups excluding carboxylic acids is 1. The lowest BCUT2D eigenvalue weighted by Crippen LogP contribution is -2.12. The van der Waals surface area contributed by atoms with E-state index < -0.39 is 0 Å². The number of nitrogens with zero attached hydrogens (tertiary/aromatic N) is 1. The van der Waals surface area contributed by atoms with Gasteiger partial charge in [-0.2, -0.15) is 0 Å². The van der Waals surface area contributed by atoms with Gasteiger partial charge in [-0.1, -0.05) is 23.2 Å². The van der Waals surface area contributed by atoms with Gasteiger partial charge in [0, 0.05) is 15.5 Å². The lowest BCUT2D eigenvalue weighted by molar-refractivity contribution is 0.102. The Morgan fingerprint density at radius 3 is 2.61 bits per heavy atom. The number of aromatic nitrogens is 1. The van der Waals surface area contributed by atoms with Gasteiger partial charge in [-0.25, -0.2) is 4.98 Å². The van der Waals surface area contributed by atoms with Gasteiger partial charge in [0.15, 0.2) is 0 Å². The normalized spacial score (nSPS) is 10.2. The van der Waals surface area contributed by atoms with Crippen LogP contribution < -0.4 is 5.32 Å². The van der Waals surface area contributed by atoms with Gasteiger partial charge in [0.1, 0.15) is 5.15 Å². The quantitative estimate of drug-likeness (QED) is 0.613. The number of amides is 1. The first kappa shape index (κ1) is 13.6. The highest BCUT2D eigenvalue weighted by Crippen LogP contribution is 2.22. The minimum absolute atomic E-state index is 0.253. The summed E-state index contributed by atoms with van der Waals surface area (Å²) < 4.78 is 0.931. The zero-order chi connectivity index (χ0) is 13.1. The van der Waals surface area contributed by atoms with Crippen LogP contribution in [0.2, 0.25) is 10.2 Å². The first-order chi connectivity index (χ1) is 8.56. The molecule has 3 nitrogen and oxygen atoms in total. The van der Waals surface area contributed by atoms with E-state index in [-0.39, 0.29) is 5.91 Å². The molecular weight excluding hydrogens is 386 g/mol. The van der Waals surface area contributed by atoms with Gasteiger partial charge in [-0.3, -0.25) is 4.79 Å². The first-order valence-electron chi connectivity index (χ1n) is 4.94. The van der Waals surface area contributed by atoms with Gasteiger partial charge in [0.2, 0.25) is 0 Å². The van der Waals surface area contributed by atoms with Crippen molar-refractivity contribution in [3.8, 4) is 0 Å². The summed E-state index contributed by atoms with van der Waals surface area (Å²) in [7, 11) is 0. The molecule has 0 aliphatic heterocycles. The van der Waals surface area contributed by atoms with E-state index in [2.05, 4.69) is 32.9 Å². The van der Waals surface area contributed by atoms with Crippen LogP contribution in [0.15, 0.2) is 36.5 Å². The van der Waals surface area contributed by atoms with Crippen LogP contribution in [0, 0.1) is 3.57 Å². The van der Waals surface area contributed by atoms with Crippen molar-refractivity contribution in [2.45, 2.75) is 0 Å². The molecule has 92 valence electrons. The number of pyridine rings is 1. The predicted molar refractivity (Wildman–Crippen MR) is 81.4 cm³/mol. The molecule has 2 rings (SSSR count). The summed E-state index contributed by atoms with van der Waals surface area (Å²) in [4.78, 5) is 15.7. The third kappa shape index (κ3) is 3.34.